The predicted octanol–water partition coefficient (Wildman–Crippen LogP) is 3.80. The van der Waals surface area contributed by atoms with Gasteiger partial charge in [-0.15, -0.1) is 0 Å². The summed E-state index contributed by atoms with van der Waals surface area (Å²) in [6.07, 6.45) is 0.0959. The van der Waals surface area contributed by atoms with E-state index in [0.717, 1.165) is 22.8 Å². The zero-order valence-electron chi connectivity index (χ0n) is 13.9. The van der Waals surface area contributed by atoms with Crippen LogP contribution in [-0.4, -0.2) is 13.2 Å². The van der Waals surface area contributed by atoms with E-state index in [1.54, 1.807) is 19.2 Å². The van der Waals surface area contributed by atoms with Crippen LogP contribution in [0, 0.1) is 11.3 Å². The number of hydrogen-bond donors (Lipinski definition) is 1. The van der Waals surface area contributed by atoms with Crippen molar-refractivity contribution in [3.8, 4) is 17.6 Å². The Bertz CT molecular complexity index is 686. The smallest absolute Gasteiger partial charge is 0.203 e. The first-order valence-corrected chi connectivity index (χ1v) is 7.60. The molecule has 0 aliphatic rings. The van der Waals surface area contributed by atoms with E-state index >= 15 is 0 Å². The van der Waals surface area contributed by atoms with E-state index < -0.39 is 0 Å². The molecule has 1 unspecified atom stereocenters. The van der Waals surface area contributed by atoms with Gasteiger partial charge < -0.3 is 19.2 Å². The van der Waals surface area contributed by atoms with Crippen LogP contribution in [0.15, 0.2) is 34.7 Å². The summed E-state index contributed by atoms with van der Waals surface area (Å²) in [6.45, 7) is 6.58. The standard InChI is InChI=1S/C18H22N2O3/c1-12(2)22-17-8-5-14(9-18(17)21-4)13(3)20-11-16-7-6-15(10-19)23-16/h5-9,12-13,20H,11H2,1-4H3. The van der Waals surface area contributed by atoms with Gasteiger partial charge in [0.1, 0.15) is 11.8 Å². The van der Waals surface area contributed by atoms with Crippen LogP contribution >= 0.6 is 0 Å². The molecule has 0 aliphatic carbocycles. The fourth-order valence-corrected chi connectivity index (χ4v) is 2.21. The molecule has 122 valence electrons. The molecule has 0 fully saturated rings. The summed E-state index contributed by atoms with van der Waals surface area (Å²) >= 11 is 0. The van der Waals surface area contributed by atoms with E-state index in [1.807, 2.05) is 38.1 Å². The minimum absolute atomic E-state index is 0.0959. The second-order valence-corrected chi connectivity index (χ2v) is 5.56. The Hall–Kier alpha value is -2.45. The van der Waals surface area contributed by atoms with Crippen molar-refractivity contribution in [3.05, 3.63) is 47.4 Å². The van der Waals surface area contributed by atoms with Crippen LogP contribution in [0.3, 0.4) is 0 Å². The number of methoxy groups -OCH3 is 1. The molecule has 1 heterocycles. The van der Waals surface area contributed by atoms with Crippen LogP contribution in [0.1, 0.15) is 43.9 Å². The molecule has 23 heavy (non-hydrogen) atoms. The first kappa shape index (κ1) is 16.9. The molecule has 0 saturated heterocycles. The number of nitrogens with zero attached hydrogens (tertiary/aromatic N) is 1. The molecule has 1 atom stereocenters. The summed E-state index contributed by atoms with van der Waals surface area (Å²) in [5.74, 6) is 2.52. The molecular formula is C18H22N2O3. The number of nitriles is 1. The van der Waals surface area contributed by atoms with E-state index in [4.69, 9.17) is 19.2 Å². The first-order valence-electron chi connectivity index (χ1n) is 7.60. The number of benzene rings is 1. The van der Waals surface area contributed by atoms with Crippen molar-refractivity contribution < 1.29 is 13.9 Å². The summed E-state index contributed by atoms with van der Waals surface area (Å²) in [6, 6.07) is 11.5. The molecule has 0 spiro atoms. The van der Waals surface area contributed by atoms with Crippen molar-refractivity contribution in [2.45, 2.75) is 39.5 Å². The van der Waals surface area contributed by atoms with Gasteiger partial charge >= 0.3 is 0 Å². The van der Waals surface area contributed by atoms with Crippen LogP contribution < -0.4 is 14.8 Å². The number of nitrogens with one attached hydrogen (secondary N) is 1. The number of furan rings is 1. The van der Waals surface area contributed by atoms with Crippen molar-refractivity contribution >= 4 is 0 Å². The number of rotatable bonds is 7. The second kappa shape index (κ2) is 7.70. The van der Waals surface area contributed by atoms with Crippen LogP contribution in [0.25, 0.3) is 0 Å². The molecule has 1 N–H and O–H groups in total. The largest absolute Gasteiger partial charge is 0.493 e. The highest BCUT2D eigenvalue weighted by Gasteiger charge is 2.12. The summed E-state index contributed by atoms with van der Waals surface area (Å²) in [7, 11) is 1.64. The van der Waals surface area contributed by atoms with Gasteiger partial charge in [0.2, 0.25) is 5.76 Å². The normalized spacial score (nSPS) is 12.0. The Kier molecular flexibility index (Phi) is 5.67. The Morgan fingerprint density at radius 3 is 2.57 bits per heavy atom. The van der Waals surface area contributed by atoms with Crippen molar-refractivity contribution in [1.82, 2.24) is 5.32 Å². The number of hydrogen-bond acceptors (Lipinski definition) is 5. The van der Waals surface area contributed by atoms with Crippen molar-refractivity contribution in [2.24, 2.45) is 0 Å². The molecule has 0 saturated carbocycles. The SMILES string of the molecule is COc1cc(C(C)NCc2ccc(C#N)o2)ccc1OC(C)C. The molecular weight excluding hydrogens is 292 g/mol. The average molecular weight is 314 g/mol. The minimum atomic E-state index is 0.0959. The van der Waals surface area contributed by atoms with Crippen LogP contribution in [0.4, 0.5) is 0 Å². The molecule has 5 heteroatoms. The van der Waals surface area contributed by atoms with Gasteiger partial charge in [0, 0.05) is 6.04 Å². The van der Waals surface area contributed by atoms with E-state index in [9.17, 15) is 0 Å². The Morgan fingerprint density at radius 1 is 1.17 bits per heavy atom. The summed E-state index contributed by atoms with van der Waals surface area (Å²) in [4.78, 5) is 0. The fourth-order valence-electron chi connectivity index (χ4n) is 2.21. The average Bonchev–Trinajstić information content (AvgIpc) is 3.00. The summed E-state index contributed by atoms with van der Waals surface area (Å²) < 4.78 is 16.5. The van der Waals surface area contributed by atoms with E-state index in [1.165, 1.54) is 0 Å². The minimum Gasteiger partial charge on any atom is -0.493 e. The molecule has 0 bridgehead atoms. The zero-order chi connectivity index (χ0) is 16.8. The molecule has 2 aromatic rings. The Labute approximate surface area is 136 Å². The topological polar surface area (TPSA) is 67.4 Å². The van der Waals surface area contributed by atoms with E-state index in [-0.39, 0.29) is 12.1 Å². The third-order valence-corrected chi connectivity index (χ3v) is 3.40. The van der Waals surface area contributed by atoms with E-state index in [2.05, 4.69) is 12.2 Å². The lowest BCUT2D eigenvalue weighted by Gasteiger charge is -2.18. The van der Waals surface area contributed by atoms with Crippen molar-refractivity contribution in [2.75, 3.05) is 7.11 Å². The monoisotopic (exact) mass is 314 g/mol. The van der Waals surface area contributed by atoms with Crippen LogP contribution in [0.2, 0.25) is 0 Å². The second-order valence-electron chi connectivity index (χ2n) is 5.56. The lowest BCUT2D eigenvalue weighted by Crippen LogP contribution is -2.18. The predicted molar refractivity (Wildman–Crippen MR) is 87.4 cm³/mol. The van der Waals surface area contributed by atoms with Gasteiger partial charge in [0.05, 0.1) is 19.8 Å². The molecule has 5 nitrogen and oxygen atoms in total. The van der Waals surface area contributed by atoms with E-state index in [0.29, 0.717) is 12.3 Å². The highest BCUT2D eigenvalue weighted by atomic mass is 16.5. The molecule has 0 radical (unpaired) electrons. The Morgan fingerprint density at radius 2 is 1.96 bits per heavy atom. The maximum Gasteiger partial charge on any atom is 0.203 e. The van der Waals surface area contributed by atoms with Gasteiger partial charge in [0.15, 0.2) is 11.5 Å². The van der Waals surface area contributed by atoms with Gasteiger partial charge in [-0.2, -0.15) is 5.26 Å². The maximum absolute atomic E-state index is 8.76. The molecule has 0 amide bonds. The fraction of sp³-hybridized carbons (Fsp3) is 0.389. The van der Waals surface area contributed by atoms with Crippen LogP contribution in [-0.2, 0) is 6.54 Å². The lowest BCUT2D eigenvalue weighted by molar-refractivity contribution is 0.230. The van der Waals surface area contributed by atoms with Crippen molar-refractivity contribution in [3.63, 3.8) is 0 Å². The lowest BCUT2D eigenvalue weighted by atomic mass is 10.1. The maximum atomic E-state index is 8.76. The quantitative estimate of drug-likeness (QED) is 0.842. The molecule has 2 rings (SSSR count). The van der Waals surface area contributed by atoms with Crippen LogP contribution in [0.5, 0.6) is 11.5 Å². The number of ether oxygens (including phenoxy) is 2. The van der Waals surface area contributed by atoms with Gasteiger partial charge in [-0.1, -0.05) is 6.07 Å². The summed E-state index contributed by atoms with van der Waals surface area (Å²) in [5, 5.41) is 12.1. The van der Waals surface area contributed by atoms with Crippen molar-refractivity contribution in [1.29, 1.82) is 5.26 Å². The van der Waals surface area contributed by atoms with Gasteiger partial charge in [-0.3, -0.25) is 0 Å². The summed E-state index contributed by atoms with van der Waals surface area (Å²) in [5.41, 5.74) is 1.09. The van der Waals surface area contributed by atoms with Gasteiger partial charge in [0.25, 0.3) is 0 Å². The third kappa shape index (κ3) is 4.51. The third-order valence-electron chi connectivity index (χ3n) is 3.40. The molecule has 1 aromatic heterocycles. The first-order chi connectivity index (χ1) is 11.0. The highest BCUT2D eigenvalue weighted by Crippen LogP contribution is 2.31. The zero-order valence-corrected chi connectivity index (χ0v) is 13.9. The van der Waals surface area contributed by atoms with Gasteiger partial charge in [-0.25, -0.2) is 0 Å². The highest BCUT2D eigenvalue weighted by molar-refractivity contribution is 5.43. The van der Waals surface area contributed by atoms with Gasteiger partial charge in [-0.05, 0) is 50.6 Å². The molecule has 1 aromatic carbocycles. The molecule has 0 aliphatic heterocycles. The Balaban J connectivity index is 2.03.